The fourth-order valence-corrected chi connectivity index (χ4v) is 2.77. The lowest BCUT2D eigenvalue weighted by Crippen LogP contribution is -2.56. The smallest absolute Gasteiger partial charge is 0.0608 e. The summed E-state index contributed by atoms with van der Waals surface area (Å²) in [6.45, 7) is 6.40. The number of morpholine rings is 1. The van der Waals surface area contributed by atoms with Gasteiger partial charge in [0.25, 0.3) is 0 Å². The summed E-state index contributed by atoms with van der Waals surface area (Å²) in [5.41, 5.74) is 0. The average Bonchev–Trinajstić information content (AvgIpc) is 3.15. The van der Waals surface area contributed by atoms with E-state index in [2.05, 4.69) is 15.3 Å². The van der Waals surface area contributed by atoms with Crippen molar-refractivity contribution in [2.24, 2.45) is 0 Å². The Labute approximate surface area is 97.9 Å². The van der Waals surface area contributed by atoms with Gasteiger partial charge in [0.1, 0.15) is 0 Å². The van der Waals surface area contributed by atoms with E-state index in [1.54, 1.807) is 0 Å². The summed E-state index contributed by atoms with van der Waals surface area (Å²) in [7, 11) is 0. The van der Waals surface area contributed by atoms with Crippen molar-refractivity contribution in [3.8, 4) is 0 Å². The van der Waals surface area contributed by atoms with Gasteiger partial charge in [0.05, 0.1) is 13.2 Å². The van der Waals surface area contributed by atoms with Gasteiger partial charge in [-0.3, -0.25) is 0 Å². The number of hydrazine groups is 1. The van der Waals surface area contributed by atoms with E-state index in [-0.39, 0.29) is 0 Å². The molecular formula is C12H23N3O. The molecule has 0 spiro atoms. The third-order valence-corrected chi connectivity index (χ3v) is 3.84. The second-order valence-corrected chi connectivity index (χ2v) is 5.26. The van der Waals surface area contributed by atoms with Gasteiger partial charge in [-0.25, -0.2) is 10.0 Å². The van der Waals surface area contributed by atoms with Gasteiger partial charge < -0.3 is 10.1 Å². The molecule has 3 aliphatic rings. The third-order valence-electron chi connectivity index (χ3n) is 3.84. The summed E-state index contributed by atoms with van der Waals surface area (Å²) in [5.74, 6) is 0. The van der Waals surface area contributed by atoms with E-state index < -0.39 is 0 Å². The van der Waals surface area contributed by atoms with Crippen molar-refractivity contribution in [3.63, 3.8) is 0 Å². The van der Waals surface area contributed by atoms with Crippen molar-refractivity contribution in [3.05, 3.63) is 0 Å². The fraction of sp³-hybridized carbons (Fsp3) is 1.00. The van der Waals surface area contributed by atoms with E-state index in [4.69, 9.17) is 4.74 Å². The van der Waals surface area contributed by atoms with Crippen molar-refractivity contribution in [2.75, 3.05) is 39.4 Å². The molecule has 1 N–H and O–H groups in total. The molecule has 0 aromatic heterocycles. The number of piperidine rings is 1. The quantitative estimate of drug-likeness (QED) is 0.755. The second-order valence-electron chi connectivity index (χ2n) is 5.26. The molecule has 0 amide bonds. The van der Waals surface area contributed by atoms with E-state index in [9.17, 15) is 0 Å². The van der Waals surface area contributed by atoms with Gasteiger partial charge in [-0.05, 0) is 25.7 Å². The highest BCUT2D eigenvalue weighted by Crippen LogP contribution is 2.22. The van der Waals surface area contributed by atoms with Crippen LogP contribution >= 0.6 is 0 Å². The van der Waals surface area contributed by atoms with Crippen LogP contribution in [0.4, 0.5) is 0 Å². The van der Waals surface area contributed by atoms with Crippen LogP contribution in [0.1, 0.15) is 25.7 Å². The van der Waals surface area contributed by atoms with Crippen LogP contribution in [0.25, 0.3) is 0 Å². The number of rotatable bonds is 3. The highest BCUT2D eigenvalue weighted by molar-refractivity contribution is 4.87. The van der Waals surface area contributed by atoms with Crippen molar-refractivity contribution in [1.82, 2.24) is 15.3 Å². The van der Waals surface area contributed by atoms with Gasteiger partial charge in [-0.2, -0.15) is 0 Å². The van der Waals surface area contributed by atoms with Crippen LogP contribution in [0, 0.1) is 0 Å². The lowest BCUT2D eigenvalue weighted by molar-refractivity contribution is -0.103. The number of ether oxygens (including phenoxy) is 1. The molecule has 2 heterocycles. The molecule has 2 aliphatic heterocycles. The number of nitrogens with zero attached hydrogens (tertiary/aromatic N) is 2. The monoisotopic (exact) mass is 225 g/mol. The summed E-state index contributed by atoms with van der Waals surface area (Å²) < 4.78 is 5.41. The Bertz CT molecular complexity index is 226. The predicted octanol–water partition coefficient (Wildman–Crippen LogP) is 0.450. The molecule has 1 saturated carbocycles. The molecule has 4 heteroatoms. The first-order chi connectivity index (χ1) is 7.92. The summed E-state index contributed by atoms with van der Waals surface area (Å²) in [6, 6.07) is 1.57. The van der Waals surface area contributed by atoms with E-state index in [1.807, 2.05) is 0 Å². The van der Waals surface area contributed by atoms with Crippen LogP contribution < -0.4 is 5.32 Å². The zero-order valence-corrected chi connectivity index (χ0v) is 10.0. The highest BCUT2D eigenvalue weighted by Gasteiger charge is 2.29. The number of hydrogen-bond donors (Lipinski definition) is 1. The Morgan fingerprint density at radius 1 is 0.875 bits per heavy atom. The lowest BCUT2D eigenvalue weighted by atomic mass is 10.1. The van der Waals surface area contributed by atoms with Crippen molar-refractivity contribution < 1.29 is 4.74 Å². The van der Waals surface area contributed by atoms with Crippen LogP contribution in [0.15, 0.2) is 0 Å². The van der Waals surface area contributed by atoms with Gasteiger partial charge >= 0.3 is 0 Å². The van der Waals surface area contributed by atoms with E-state index in [0.717, 1.165) is 38.4 Å². The minimum Gasteiger partial charge on any atom is -0.379 e. The van der Waals surface area contributed by atoms with Gasteiger partial charge in [0.15, 0.2) is 0 Å². The van der Waals surface area contributed by atoms with Crippen LogP contribution in [0.2, 0.25) is 0 Å². The number of nitrogens with one attached hydrogen (secondary N) is 1. The molecule has 0 aromatic carbocycles. The van der Waals surface area contributed by atoms with Gasteiger partial charge in [0, 0.05) is 38.3 Å². The lowest BCUT2D eigenvalue weighted by Gasteiger charge is -2.42. The second kappa shape index (κ2) is 5.00. The largest absolute Gasteiger partial charge is 0.379 e. The molecule has 3 fully saturated rings. The van der Waals surface area contributed by atoms with Crippen molar-refractivity contribution >= 4 is 0 Å². The first-order valence-electron chi connectivity index (χ1n) is 6.75. The maximum atomic E-state index is 5.41. The average molecular weight is 225 g/mol. The molecule has 0 radical (unpaired) electrons. The summed E-state index contributed by atoms with van der Waals surface area (Å²) in [4.78, 5) is 0. The third kappa shape index (κ3) is 2.74. The summed E-state index contributed by atoms with van der Waals surface area (Å²) >= 11 is 0. The molecule has 2 saturated heterocycles. The van der Waals surface area contributed by atoms with Crippen LogP contribution in [-0.4, -0.2) is 61.5 Å². The number of hydrogen-bond acceptors (Lipinski definition) is 4. The minimum atomic E-state index is 0.726. The normalized spacial score (nSPS) is 34.1. The molecule has 16 heavy (non-hydrogen) atoms. The first kappa shape index (κ1) is 11.0. The molecule has 0 bridgehead atoms. The molecule has 92 valence electrons. The van der Waals surface area contributed by atoms with Crippen molar-refractivity contribution in [1.29, 1.82) is 0 Å². The zero-order valence-electron chi connectivity index (χ0n) is 10.0. The Balaban J connectivity index is 1.49. The van der Waals surface area contributed by atoms with Gasteiger partial charge in [-0.1, -0.05) is 0 Å². The zero-order chi connectivity index (χ0) is 10.8. The van der Waals surface area contributed by atoms with Crippen LogP contribution in [0.3, 0.4) is 0 Å². The minimum absolute atomic E-state index is 0.726. The Kier molecular flexibility index (Phi) is 3.43. The van der Waals surface area contributed by atoms with E-state index in [0.29, 0.717) is 0 Å². The predicted molar refractivity (Wildman–Crippen MR) is 63.1 cm³/mol. The molecule has 1 unspecified atom stereocenters. The van der Waals surface area contributed by atoms with Crippen molar-refractivity contribution in [2.45, 2.75) is 37.8 Å². The standard InChI is InChI=1S/C12H23N3O/c1-2-12(13-11-3-4-11)10-15(5-1)14-6-8-16-9-7-14/h11-13H,1-10H2. The Morgan fingerprint density at radius 3 is 2.44 bits per heavy atom. The molecule has 1 atom stereocenters. The maximum absolute atomic E-state index is 5.41. The highest BCUT2D eigenvalue weighted by atomic mass is 16.5. The summed E-state index contributed by atoms with van der Waals surface area (Å²) in [5, 5.41) is 8.80. The SMILES string of the molecule is C1CC(NC2CC2)CN(N2CCOCC2)C1. The Morgan fingerprint density at radius 2 is 1.69 bits per heavy atom. The van der Waals surface area contributed by atoms with Gasteiger partial charge in [-0.15, -0.1) is 0 Å². The topological polar surface area (TPSA) is 27.7 Å². The molecule has 1 aliphatic carbocycles. The van der Waals surface area contributed by atoms with E-state index in [1.165, 1.54) is 38.8 Å². The van der Waals surface area contributed by atoms with Gasteiger partial charge in [0.2, 0.25) is 0 Å². The molecule has 3 rings (SSSR count). The van der Waals surface area contributed by atoms with Crippen LogP contribution in [-0.2, 0) is 4.74 Å². The van der Waals surface area contributed by atoms with Crippen LogP contribution in [0.5, 0.6) is 0 Å². The summed E-state index contributed by atoms with van der Waals surface area (Å²) in [6.07, 6.45) is 5.49. The Hall–Kier alpha value is -0.160. The first-order valence-corrected chi connectivity index (χ1v) is 6.75. The maximum Gasteiger partial charge on any atom is 0.0608 e. The molecule has 4 nitrogen and oxygen atoms in total. The fourth-order valence-electron chi connectivity index (χ4n) is 2.77. The van der Waals surface area contributed by atoms with E-state index >= 15 is 0 Å². The molecular weight excluding hydrogens is 202 g/mol. The molecule has 0 aromatic rings.